The van der Waals surface area contributed by atoms with Gasteiger partial charge in [-0.3, -0.25) is 4.79 Å². The van der Waals surface area contributed by atoms with Crippen molar-refractivity contribution in [3.05, 3.63) is 68.7 Å². The van der Waals surface area contributed by atoms with Crippen LogP contribution >= 0.6 is 34.8 Å². The summed E-state index contributed by atoms with van der Waals surface area (Å²) < 4.78 is 25.1. The Bertz CT molecular complexity index is 904. The molecule has 0 bridgehead atoms. The number of carbonyl (C=O) groups excluding carboxylic acids is 1. The number of amides is 1. The fourth-order valence-electron chi connectivity index (χ4n) is 2.18. The fourth-order valence-corrected chi connectivity index (χ4v) is 3.44. The molecule has 2 aromatic carbocycles. The minimum atomic E-state index is -3.60. The molecule has 0 aliphatic rings. The quantitative estimate of drug-likeness (QED) is 0.721. The van der Waals surface area contributed by atoms with Crippen molar-refractivity contribution in [2.45, 2.75) is 13.1 Å². The van der Waals surface area contributed by atoms with Crippen molar-refractivity contribution in [3.8, 4) is 0 Å². The van der Waals surface area contributed by atoms with E-state index in [9.17, 15) is 13.2 Å². The van der Waals surface area contributed by atoms with Crippen molar-refractivity contribution < 1.29 is 13.2 Å². The van der Waals surface area contributed by atoms with E-state index in [1.165, 1.54) is 0 Å². The number of carbonyl (C=O) groups is 1. The van der Waals surface area contributed by atoms with E-state index in [4.69, 9.17) is 34.8 Å². The van der Waals surface area contributed by atoms with Crippen LogP contribution in [-0.2, 0) is 27.9 Å². The molecular weight excluding hydrogens is 419 g/mol. The average molecular weight is 436 g/mol. The molecule has 0 saturated carbocycles. The number of rotatable bonds is 7. The van der Waals surface area contributed by atoms with Gasteiger partial charge in [-0.15, -0.1) is 0 Å². The molecule has 0 aliphatic heterocycles. The van der Waals surface area contributed by atoms with Crippen LogP contribution in [0.15, 0.2) is 42.5 Å². The first-order chi connectivity index (χ1) is 12.2. The standard InChI is InChI=1S/C17H17Cl3N2O3S/c1-26(24,25)22(10-12-6-7-15(19)16(20)8-12)11-17(23)21-9-13-4-2-3-5-14(13)18/h2-8H,9-11H2,1H3,(H,21,23). The predicted octanol–water partition coefficient (Wildman–Crippen LogP) is 3.72. The lowest BCUT2D eigenvalue weighted by Gasteiger charge is -2.20. The van der Waals surface area contributed by atoms with Gasteiger partial charge in [-0.1, -0.05) is 59.1 Å². The van der Waals surface area contributed by atoms with Gasteiger partial charge in [0.2, 0.25) is 15.9 Å². The highest BCUT2D eigenvalue weighted by Gasteiger charge is 2.21. The predicted molar refractivity (Wildman–Crippen MR) is 105 cm³/mol. The Kier molecular flexibility index (Phi) is 7.32. The molecule has 9 heteroatoms. The number of hydrogen-bond donors (Lipinski definition) is 1. The van der Waals surface area contributed by atoms with Crippen LogP contribution in [0.3, 0.4) is 0 Å². The molecule has 1 N–H and O–H groups in total. The van der Waals surface area contributed by atoms with Crippen molar-refractivity contribution in [2.24, 2.45) is 0 Å². The van der Waals surface area contributed by atoms with Gasteiger partial charge in [0.15, 0.2) is 0 Å². The van der Waals surface area contributed by atoms with E-state index in [2.05, 4.69) is 5.32 Å². The molecule has 2 rings (SSSR count). The van der Waals surface area contributed by atoms with Gasteiger partial charge in [0.05, 0.1) is 22.8 Å². The monoisotopic (exact) mass is 434 g/mol. The van der Waals surface area contributed by atoms with Crippen LogP contribution < -0.4 is 5.32 Å². The molecule has 0 fully saturated rings. The second-order valence-electron chi connectivity index (χ2n) is 5.65. The second kappa shape index (κ2) is 9.06. The molecule has 0 aromatic heterocycles. The molecule has 0 saturated heterocycles. The van der Waals surface area contributed by atoms with Gasteiger partial charge in [0.1, 0.15) is 0 Å². The summed E-state index contributed by atoms with van der Waals surface area (Å²) in [6.45, 7) is -0.0956. The summed E-state index contributed by atoms with van der Waals surface area (Å²) in [5, 5.41) is 3.90. The lowest BCUT2D eigenvalue weighted by molar-refractivity contribution is -0.121. The van der Waals surface area contributed by atoms with Crippen LogP contribution in [0.25, 0.3) is 0 Å². The molecule has 0 radical (unpaired) electrons. The number of halogens is 3. The third kappa shape index (κ3) is 6.14. The van der Waals surface area contributed by atoms with E-state index in [1.54, 1.807) is 42.5 Å². The maximum Gasteiger partial charge on any atom is 0.235 e. The van der Waals surface area contributed by atoms with E-state index in [1.807, 2.05) is 0 Å². The summed E-state index contributed by atoms with van der Waals surface area (Å²) in [7, 11) is -3.60. The zero-order valence-corrected chi connectivity index (χ0v) is 17.0. The number of nitrogens with one attached hydrogen (secondary N) is 1. The highest BCUT2D eigenvalue weighted by molar-refractivity contribution is 7.88. The molecule has 1 amide bonds. The number of nitrogens with zero attached hydrogens (tertiary/aromatic N) is 1. The Morgan fingerprint density at radius 1 is 1.04 bits per heavy atom. The number of benzene rings is 2. The van der Waals surface area contributed by atoms with E-state index < -0.39 is 15.9 Å². The molecule has 2 aromatic rings. The first kappa shape index (κ1) is 21.0. The highest BCUT2D eigenvalue weighted by Crippen LogP contribution is 2.23. The molecule has 0 aliphatic carbocycles. The van der Waals surface area contributed by atoms with Crippen molar-refractivity contribution in [3.63, 3.8) is 0 Å². The van der Waals surface area contributed by atoms with Gasteiger partial charge in [0.25, 0.3) is 0 Å². The minimum Gasteiger partial charge on any atom is -0.351 e. The highest BCUT2D eigenvalue weighted by atomic mass is 35.5. The van der Waals surface area contributed by atoms with Gasteiger partial charge in [-0.2, -0.15) is 4.31 Å². The minimum absolute atomic E-state index is 0.00916. The molecule has 0 atom stereocenters. The van der Waals surface area contributed by atoms with Gasteiger partial charge >= 0.3 is 0 Å². The first-order valence-electron chi connectivity index (χ1n) is 7.56. The molecule has 0 heterocycles. The van der Waals surface area contributed by atoms with Gasteiger partial charge < -0.3 is 5.32 Å². The third-order valence-electron chi connectivity index (χ3n) is 3.57. The van der Waals surface area contributed by atoms with E-state index in [0.717, 1.165) is 16.1 Å². The smallest absolute Gasteiger partial charge is 0.235 e. The Morgan fingerprint density at radius 2 is 1.73 bits per heavy atom. The number of sulfonamides is 1. The maximum atomic E-state index is 12.2. The Morgan fingerprint density at radius 3 is 2.35 bits per heavy atom. The van der Waals surface area contributed by atoms with Crippen molar-refractivity contribution in [2.75, 3.05) is 12.8 Å². The van der Waals surface area contributed by atoms with Crippen LogP contribution in [0.4, 0.5) is 0 Å². The topological polar surface area (TPSA) is 66.5 Å². The molecular formula is C17H17Cl3N2O3S. The van der Waals surface area contributed by atoms with Crippen LogP contribution in [0.1, 0.15) is 11.1 Å². The van der Waals surface area contributed by atoms with Crippen LogP contribution in [0.2, 0.25) is 15.1 Å². The van der Waals surface area contributed by atoms with E-state index in [-0.39, 0.29) is 19.6 Å². The fraction of sp³-hybridized carbons (Fsp3) is 0.235. The first-order valence-corrected chi connectivity index (χ1v) is 10.5. The van der Waals surface area contributed by atoms with Crippen LogP contribution in [0, 0.1) is 0 Å². The SMILES string of the molecule is CS(=O)(=O)N(CC(=O)NCc1ccccc1Cl)Cc1ccc(Cl)c(Cl)c1. The molecule has 5 nitrogen and oxygen atoms in total. The summed E-state index contributed by atoms with van der Waals surface area (Å²) in [5.74, 6) is -0.435. The Labute approximate surface area is 167 Å². The zero-order chi connectivity index (χ0) is 19.3. The lowest BCUT2D eigenvalue weighted by atomic mass is 10.2. The zero-order valence-electron chi connectivity index (χ0n) is 13.9. The van der Waals surface area contributed by atoms with Gasteiger partial charge in [-0.05, 0) is 29.3 Å². The van der Waals surface area contributed by atoms with Gasteiger partial charge in [0, 0.05) is 18.1 Å². The molecule has 140 valence electrons. The molecule has 26 heavy (non-hydrogen) atoms. The van der Waals surface area contributed by atoms with Crippen molar-refractivity contribution in [1.82, 2.24) is 9.62 Å². The van der Waals surface area contributed by atoms with E-state index >= 15 is 0 Å². The summed E-state index contributed by atoms with van der Waals surface area (Å²) in [4.78, 5) is 12.2. The summed E-state index contributed by atoms with van der Waals surface area (Å²) >= 11 is 17.9. The largest absolute Gasteiger partial charge is 0.351 e. The number of hydrogen-bond acceptors (Lipinski definition) is 3. The van der Waals surface area contributed by atoms with E-state index in [0.29, 0.717) is 20.6 Å². The second-order valence-corrected chi connectivity index (χ2v) is 8.85. The van der Waals surface area contributed by atoms with Crippen LogP contribution in [0.5, 0.6) is 0 Å². The normalized spacial score (nSPS) is 11.6. The summed E-state index contributed by atoms with van der Waals surface area (Å²) in [6, 6.07) is 11.9. The Hall–Kier alpha value is -1.31. The van der Waals surface area contributed by atoms with Gasteiger partial charge in [-0.25, -0.2) is 8.42 Å². The summed E-state index contributed by atoms with van der Waals surface area (Å²) in [5.41, 5.74) is 1.38. The lowest BCUT2D eigenvalue weighted by Crippen LogP contribution is -2.39. The van der Waals surface area contributed by atoms with Crippen molar-refractivity contribution in [1.29, 1.82) is 0 Å². The van der Waals surface area contributed by atoms with Crippen molar-refractivity contribution >= 4 is 50.7 Å². The third-order valence-corrected chi connectivity index (χ3v) is 5.87. The molecule has 0 unspecified atom stereocenters. The molecule has 0 spiro atoms. The van der Waals surface area contributed by atoms with Crippen LogP contribution in [-0.4, -0.2) is 31.4 Å². The Balaban J connectivity index is 2.04. The maximum absolute atomic E-state index is 12.2. The average Bonchev–Trinajstić information content (AvgIpc) is 2.56. The summed E-state index contributed by atoms with van der Waals surface area (Å²) in [6.07, 6.45) is 1.05.